The van der Waals surface area contributed by atoms with Crippen molar-refractivity contribution in [3.05, 3.63) is 69.9 Å². The molecule has 154 valence electrons. The molecule has 2 N–H and O–H groups in total. The van der Waals surface area contributed by atoms with Gasteiger partial charge in [-0.25, -0.2) is 0 Å². The fourth-order valence-electron chi connectivity index (χ4n) is 5.78. The molecule has 6 rings (SSSR count). The zero-order chi connectivity index (χ0) is 21.4. The highest BCUT2D eigenvalue weighted by atomic mass is 32.1. The third-order valence-corrected chi connectivity index (χ3v) is 8.23. The summed E-state index contributed by atoms with van der Waals surface area (Å²) in [7, 11) is 0. The molecular weight excluding hydrogens is 396 g/mol. The van der Waals surface area contributed by atoms with Gasteiger partial charge in [0.2, 0.25) is 0 Å². The van der Waals surface area contributed by atoms with Crippen LogP contribution >= 0.6 is 11.3 Å². The first-order valence-corrected chi connectivity index (χ1v) is 11.2. The van der Waals surface area contributed by atoms with E-state index in [0.717, 1.165) is 16.0 Å². The van der Waals surface area contributed by atoms with Crippen molar-refractivity contribution in [2.24, 2.45) is 23.7 Å². The van der Waals surface area contributed by atoms with Gasteiger partial charge in [-0.15, -0.1) is 11.3 Å². The Labute approximate surface area is 179 Å². The number of aliphatic hydroxyl groups is 1. The van der Waals surface area contributed by atoms with Gasteiger partial charge in [0, 0.05) is 27.7 Å². The Kier molecular flexibility index (Phi) is 4.06. The molecule has 2 aromatic rings. The molecule has 1 aromatic carbocycles. The zero-order valence-electron chi connectivity index (χ0n) is 17.1. The first kappa shape index (κ1) is 19.5. The second kappa shape index (κ2) is 6.25. The van der Waals surface area contributed by atoms with Crippen LogP contribution in [0.3, 0.4) is 0 Å². The quantitative estimate of drug-likeness (QED) is 0.732. The molecule has 0 saturated heterocycles. The van der Waals surface area contributed by atoms with Crippen LogP contribution in [0.15, 0.2) is 59.5 Å². The van der Waals surface area contributed by atoms with E-state index in [1.165, 1.54) is 0 Å². The Morgan fingerprint density at radius 1 is 1.10 bits per heavy atom. The highest BCUT2D eigenvalue weighted by Gasteiger charge is 2.70. The molecule has 2 bridgehead atoms. The van der Waals surface area contributed by atoms with Crippen LogP contribution in [-0.4, -0.2) is 27.4 Å². The van der Waals surface area contributed by atoms with E-state index in [-0.39, 0.29) is 23.2 Å². The Morgan fingerprint density at radius 2 is 1.80 bits per heavy atom. The average molecular weight is 421 g/mol. The molecule has 0 amide bonds. The van der Waals surface area contributed by atoms with E-state index in [2.05, 4.69) is 13.8 Å². The molecule has 4 aliphatic rings. The number of ketones is 2. The van der Waals surface area contributed by atoms with Crippen molar-refractivity contribution in [1.82, 2.24) is 0 Å². The number of Topliss-reactive ketones (excluding diaryl/α,β-unsaturated/α-hetero) is 2. The normalized spacial score (nSPS) is 34.9. The van der Waals surface area contributed by atoms with Crippen molar-refractivity contribution in [2.75, 3.05) is 0 Å². The molecule has 0 spiro atoms. The van der Waals surface area contributed by atoms with Gasteiger partial charge >= 0.3 is 0 Å². The molecular formula is C25H24O4S. The fourth-order valence-corrected chi connectivity index (χ4v) is 6.75. The number of hydrogen-bond acceptors (Lipinski definition) is 5. The monoisotopic (exact) mass is 420 g/mol. The van der Waals surface area contributed by atoms with Gasteiger partial charge in [0.05, 0.1) is 5.92 Å². The number of thiophene rings is 1. The predicted molar refractivity (Wildman–Crippen MR) is 116 cm³/mol. The lowest BCUT2D eigenvalue weighted by Crippen LogP contribution is -2.66. The maximum atomic E-state index is 13.8. The van der Waals surface area contributed by atoms with E-state index < -0.39 is 28.8 Å². The lowest BCUT2D eigenvalue weighted by Gasteiger charge is -2.57. The highest BCUT2D eigenvalue weighted by molar-refractivity contribution is 7.10. The first-order valence-electron chi connectivity index (χ1n) is 10.3. The molecule has 1 fully saturated rings. The smallest absolute Gasteiger partial charge is 0.173 e. The van der Waals surface area contributed by atoms with Gasteiger partial charge in [0.25, 0.3) is 0 Å². The van der Waals surface area contributed by atoms with Crippen LogP contribution in [0.1, 0.15) is 31.2 Å². The van der Waals surface area contributed by atoms with E-state index >= 15 is 0 Å². The average Bonchev–Trinajstić information content (AvgIpc) is 3.34. The molecule has 4 nitrogen and oxygen atoms in total. The zero-order valence-corrected chi connectivity index (χ0v) is 17.9. The van der Waals surface area contributed by atoms with Crippen LogP contribution in [0.4, 0.5) is 0 Å². The van der Waals surface area contributed by atoms with Gasteiger partial charge in [0.1, 0.15) is 11.4 Å². The van der Waals surface area contributed by atoms with Gasteiger partial charge in [-0.2, -0.15) is 0 Å². The number of hydrogen-bond donors (Lipinski definition) is 2. The Bertz CT molecular complexity index is 1100. The molecule has 0 aliphatic heterocycles. The second-order valence-corrected chi connectivity index (χ2v) is 10.1. The molecule has 5 unspecified atom stereocenters. The molecule has 1 saturated carbocycles. The van der Waals surface area contributed by atoms with E-state index in [9.17, 15) is 19.8 Å². The van der Waals surface area contributed by atoms with Crippen LogP contribution in [0.25, 0.3) is 5.57 Å². The molecule has 0 radical (unpaired) electrons. The summed E-state index contributed by atoms with van der Waals surface area (Å²) < 4.78 is 0. The first-order chi connectivity index (χ1) is 14.2. The summed E-state index contributed by atoms with van der Waals surface area (Å²) in [6, 6.07) is 10.6. The van der Waals surface area contributed by atoms with E-state index in [1.807, 2.05) is 29.7 Å². The Balaban J connectivity index is 1.81. The molecule has 4 aliphatic carbocycles. The number of rotatable bonds is 3. The van der Waals surface area contributed by atoms with Crippen molar-refractivity contribution < 1.29 is 19.8 Å². The molecule has 5 atom stereocenters. The number of phenolic OH excluding ortho intramolecular Hbond substituents is 1. The SMILES string of the molecule is CC(C)C1=CC2C3C(=O)C(c4ccc(O)cc4)=CC3(c3cccs3)C1C(=O)C2(C)O. The van der Waals surface area contributed by atoms with Crippen molar-refractivity contribution in [2.45, 2.75) is 31.8 Å². The topological polar surface area (TPSA) is 74.6 Å². The highest BCUT2D eigenvalue weighted by Crippen LogP contribution is 2.64. The summed E-state index contributed by atoms with van der Waals surface area (Å²) in [5.41, 5.74) is -0.0515. The number of benzene rings is 1. The van der Waals surface area contributed by atoms with Gasteiger partial charge in [-0.3, -0.25) is 9.59 Å². The van der Waals surface area contributed by atoms with Crippen LogP contribution in [-0.2, 0) is 15.0 Å². The summed E-state index contributed by atoms with van der Waals surface area (Å²) in [5, 5.41) is 22.9. The van der Waals surface area contributed by atoms with Gasteiger partial charge in [0.15, 0.2) is 11.6 Å². The minimum atomic E-state index is -1.57. The van der Waals surface area contributed by atoms with Gasteiger partial charge in [-0.05, 0) is 42.0 Å². The number of allylic oxidation sites excluding steroid dienone is 3. The number of phenols is 1. The maximum absolute atomic E-state index is 13.8. The third kappa shape index (κ3) is 2.30. The number of carbonyl (C=O) groups is 2. The summed E-state index contributed by atoms with van der Waals surface area (Å²) in [5.74, 6) is -1.64. The third-order valence-electron chi connectivity index (χ3n) is 7.19. The fraction of sp³-hybridized carbons (Fsp3) is 0.360. The molecule has 5 heteroatoms. The maximum Gasteiger partial charge on any atom is 0.173 e. The summed E-state index contributed by atoms with van der Waals surface area (Å²) in [4.78, 5) is 28.4. The number of carbonyl (C=O) groups excluding carboxylic acids is 2. The summed E-state index contributed by atoms with van der Waals surface area (Å²) in [6.07, 6.45) is 3.98. The standard InChI is InChI=1S/C25H24O4S/c1-13(2)16-11-18-21-22(27)17(14-6-8-15(26)9-7-14)12-25(21,19-5-4-10-30-19)20(16)23(28)24(18,3)29/h4-13,18,20-21,26,29H,1-3H3. The van der Waals surface area contributed by atoms with Crippen molar-refractivity contribution in [1.29, 1.82) is 0 Å². The van der Waals surface area contributed by atoms with Gasteiger partial charge < -0.3 is 10.2 Å². The van der Waals surface area contributed by atoms with Gasteiger partial charge in [-0.1, -0.05) is 49.8 Å². The van der Waals surface area contributed by atoms with Crippen LogP contribution in [0.5, 0.6) is 5.75 Å². The van der Waals surface area contributed by atoms with Crippen molar-refractivity contribution >= 4 is 28.5 Å². The minimum Gasteiger partial charge on any atom is -0.508 e. The number of fused-ring (bicyclic) bond motifs is 1. The van der Waals surface area contributed by atoms with Crippen LogP contribution < -0.4 is 0 Å². The lowest BCUT2D eigenvalue weighted by atomic mass is 9.46. The number of aromatic hydroxyl groups is 1. The van der Waals surface area contributed by atoms with E-state index in [1.54, 1.807) is 42.5 Å². The minimum absolute atomic E-state index is 0.0454. The van der Waals surface area contributed by atoms with Crippen LogP contribution in [0, 0.1) is 23.7 Å². The molecule has 1 heterocycles. The van der Waals surface area contributed by atoms with Crippen molar-refractivity contribution in [3.63, 3.8) is 0 Å². The predicted octanol–water partition coefficient (Wildman–Crippen LogP) is 4.14. The summed E-state index contributed by atoms with van der Waals surface area (Å²) in [6.45, 7) is 5.69. The lowest BCUT2D eigenvalue weighted by molar-refractivity contribution is -0.161. The second-order valence-electron chi connectivity index (χ2n) is 9.15. The largest absolute Gasteiger partial charge is 0.508 e. The Morgan fingerprint density at radius 3 is 2.40 bits per heavy atom. The van der Waals surface area contributed by atoms with Crippen LogP contribution in [0.2, 0.25) is 0 Å². The molecule has 1 aromatic heterocycles. The van der Waals surface area contributed by atoms with Crippen molar-refractivity contribution in [3.8, 4) is 5.75 Å². The summed E-state index contributed by atoms with van der Waals surface area (Å²) >= 11 is 1.56. The van der Waals surface area contributed by atoms with E-state index in [0.29, 0.717) is 5.57 Å². The van der Waals surface area contributed by atoms with E-state index in [4.69, 9.17) is 0 Å². The Hall–Kier alpha value is -2.50. The molecule has 30 heavy (non-hydrogen) atoms.